The highest BCUT2D eigenvalue weighted by atomic mass is 19.4. The molecule has 0 spiro atoms. The molecule has 0 atom stereocenters. The Bertz CT molecular complexity index is 672. The molecule has 0 bridgehead atoms. The van der Waals surface area contributed by atoms with Crippen LogP contribution in [0.5, 0.6) is 11.5 Å². The first-order chi connectivity index (χ1) is 12.7. The SMILES string of the molecule is C=C(C)C(=O)Oc1ccc(OCC(F)(F)CC(F)(F)CNCC(F)(F)F)cc1. The van der Waals surface area contributed by atoms with Gasteiger partial charge in [0.2, 0.25) is 0 Å². The summed E-state index contributed by atoms with van der Waals surface area (Å²) >= 11 is 0. The number of esters is 1. The molecule has 0 aliphatic rings. The molecule has 0 unspecified atom stereocenters. The summed E-state index contributed by atoms with van der Waals surface area (Å²) in [5, 5.41) is 1.39. The van der Waals surface area contributed by atoms with Crippen molar-refractivity contribution in [1.29, 1.82) is 0 Å². The van der Waals surface area contributed by atoms with E-state index in [4.69, 9.17) is 9.47 Å². The van der Waals surface area contributed by atoms with Gasteiger partial charge in [0.15, 0.2) is 6.61 Å². The van der Waals surface area contributed by atoms with Gasteiger partial charge in [0, 0.05) is 5.57 Å². The van der Waals surface area contributed by atoms with E-state index in [0.29, 0.717) is 0 Å². The van der Waals surface area contributed by atoms with Gasteiger partial charge >= 0.3 is 12.1 Å². The van der Waals surface area contributed by atoms with Crippen molar-refractivity contribution in [3.05, 3.63) is 36.4 Å². The van der Waals surface area contributed by atoms with Crippen LogP contribution in [0.3, 0.4) is 0 Å². The smallest absolute Gasteiger partial charge is 0.401 e. The molecule has 0 saturated heterocycles. The van der Waals surface area contributed by atoms with Crippen molar-refractivity contribution < 1.29 is 45.0 Å². The fourth-order valence-electron chi connectivity index (χ4n) is 1.87. The van der Waals surface area contributed by atoms with E-state index in [1.54, 1.807) is 0 Å². The number of benzene rings is 1. The van der Waals surface area contributed by atoms with Crippen molar-refractivity contribution in [1.82, 2.24) is 5.32 Å². The minimum Gasteiger partial charge on any atom is -0.487 e. The maximum atomic E-state index is 13.7. The lowest BCUT2D eigenvalue weighted by Crippen LogP contribution is -2.42. The van der Waals surface area contributed by atoms with Crippen molar-refractivity contribution in [2.24, 2.45) is 0 Å². The molecular weight excluding hydrogens is 399 g/mol. The van der Waals surface area contributed by atoms with E-state index in [-0.39, 0.29) is 17.1 Å². The van der Waals surface area contributed by atoms with Crippen LogP contribution in [0.25, 0.3) is 0 Å². The number of carbonyl (C=O) groups excluding carboxylic acids is 1. The normalized spacial score (nSPS) is 12.6. The van der Waals surface area contributed by atoms with Crippen LogP contribution in [0, 0.1) is 0 Å². The molecule has 11 heteroatoms. The Morgan fingerprint density at radius 3 is 2.00 bits per heavy atom. The highest BCUT2D eigenvalue weighted by Crippen LogP contribution is 2.31. The second-order valence-electron chi connectivity index (χ2n) is 6.04. The standard InChI is InChI=1S/C17H18F7NO3/c1-11(2)14(26)28-13-5-3-12(4-6-13)27-10-16(20,21)7-15(18,19)8-25-9-17(22,23)24/h3-6,25H,1,7-10H2,2H3. The van der Waals surface area contributed by atoms with Gasteiger partial charge in [0.05, 0.1) is 19.5 Å². The van der Waals surface area contributed by atoms with Gasteiger partial charge in [-0.05, 0) is 31.2 Å². The summed E-state index contributed by atoms with van der Waals surface area (Å²) in [7, 11) is 0. The topological polar surface area (TPSA) is 47.6 Å². The van der Waals surface area contributed by atoms with Crippen LogP contribution in [0.2, 0.25) is 0 Å². The van der Waals surface area contributed by atoms with Crippen molar-refractivity contribution >= 4 is 5.97 Å². The highest BCUT2D eigenvalue weighted by Gasteiger charge is 2.44. The van der Waals surface area contributed by atoms with E-state index in [2.05, 4.69) is 6.58 Å². The second kappa shape index (κ2) is 9.26. The number of hydrogen-bond acceptors (Lipinski definition) is 4. The van der Waals surface area contributed by atoms with Crippen LogP contribution in [-0.2, 0) is 4.79 Å². The maximum Gasteiger partial charge on any atom is 0.401 e. The Hall–Kier alpha value is -2.30. The van der Waals surface area contributed by atoms with Crippen LogP contribution < -0.4 is 14.8 Å². The van der Waals surface area contributed by atoms with E-state index in [1.165, 1.54) is 36.5 Å². The molecule has 28 heavy (non-hydrogen) atoms. The first-order valence-corrected chi connectivity index (χ1v) is 7.83. The monoisotopic (exact) mass is 417 g/mol. The Labute approximate surface area is 156 Å². The van der Waals surface area contributed by atoms with Gasteiger partial charge in [-0.1, -0.05) is 6.58 Å². The number of rotatable bonds is 10. The van der Waals surface area contributed by atoms with Gasteiger partial charge in [-0.25, -0.2) is 22.4 Å². The van der Waals surface area contributed by atoms with Crippen molar-refractivity contribution in [3.8, 4) is 11.5 Å². The zero-order valence-corrected chi connectivity index (χ0v) is 14.7. The quantitative estimate of drug-likeness (QED) is 0.266. The van der Waals surface area contributed by atoms with Crippen LogP contribution in [0.1, 0.15) is 13.3 Å². The van der Waals surface area contributed by atoms with Crippen LogP contribution in [-0.4, -0.2) is 43.7 Å². The predicted octanol–water partition coefficient (Wildman–Crippen LogP) is 4.36. The molecule has 0 amide bonds. The molecule has 0 aliphatic heterocycles. The highest BCUT2D eigenvalue weighted by molar-refractivity contribution is 5.88. The Kier molecular flexibility index (Phi) is 7.85. The number of halogens is 7. The Balaban J connectivity index is 2.53. The molecule has 1 N–H and O–H groups in total. The number of ether oxygens (including phenoxy) is 2. The van der Waals surface area contributed by atoms with E-state index in [1.807, 2.05) is 0 Å². The van der Waals surface area contributed by atoms with Crippen molar-refractivity contribution in [2.45, 2.75) is 31.4 Å². The molecule has 0 aliphatic carbocycles. The maximum absolute atomic E-state index is 13.7. The van der Waals surface area contributed by atoms with E-state index in [0.717, 1.165) is 0 Å². The Morgan fingerprint density at radius 1 is 0.964 bits per heavy atom. The zero-order chi connectivity index (χ0) is 21.6. The van der Waals surface area contributed by atoms with Gasteiger partial charge in [-0.3, -0.25) is 0 Å². The molecule has 0 fully saturated rings. The molecule has 158 valence electrons. The lowest BCUT2D eigenvalue weighted by molar-refractivity contribution is -0.139. The third-order valence-corrected chi connectivity index (χ3v) is 3.06. The summed E-state index contributed by atoms with van der Waals surface area (Å²) in [6.07, 6.45) is -6.72. The molecule has 1 aromatic rings. The predicted molar refractivity (Wildman–Crippen MR) is 85.8 cm³/mol. The van der Waals surface area contributed by atoms with Crippen LogP contribution >= 0.6 is 0 Å². The molecule has 0 saturated carbocycles. The van der Waals surface area contributed by atoms with Crippen molar-refractivity contribution in [3.63, 3.8) is 0 Å². The number of nitrogens with one attached hydrogen (secondary N) is 1. The lowest BCUT2D eigenvalue weighted by atomic mass is 10.1. The van der Waals surface area contributed by atoms with Crippen molar-refractivity contribution in [2.75, 3.05) is 19.7 Å². The van der Waals surface area contributed by atoms with Gasteiger partial charge < -0.3 is 14.8 Å². The number of hydrogen-bond donors (Lipinski definition) is 1. The summed E-state index contributed by atoms with van der Waals surface area (Å²) in [5.41, 5.74) is 0.144. The lowest BCUT2D eigenvalue weighted by Gasteiger charge is -2.24. The minimum absolute atomic E-state index is 0.0920. The molecule has 0 radical (unpaired) electrons. The third kappa shape index (κ3) is 9.58. The molecule has 0 aromatic heterocycles. The molecule has 0 heterocycles. The summed E-state index contributed by atoms with van der Waals surface area (Å²) in [6, 6.07) is 4.84. The first kappa shape index (κ1) is 23.7. The molecule has 1 aromatic carbocycles. The number of carbonyl (C=O) groups is 1. The third-order valence-electron chi connectivity index (χ3n) is 3.06. The van der Waals surface area contributed by atoms with E-state index in [9.17, 15) is 35.5 Å². The van der Waals surface area contributed by atoms with Gasteiger partial charge in [0.1, 0.15) is 11.5 Å². The minimum atomic E-state index is -4.73. The van der Waals surface area contributed by atoms with Gasteiger partial charge in [-0.15, -0.1) is 0 Å². The van der Waals surface area contributed by atoms with E-state index < -0.39 is 50.1 Å². The van der Waals surface area contributed by atoms with Crippen LogP contribution in [0.4, 0.5) is 30.7 Å². The Morgan fingerprint density at radius 2 is 1.50 bits per heavy atom. The van der Waals surface area contributed by atoms with Gasteiger partial charge in [0.25, 0.3) is 11.8 Å². The summed E-state index contributed by atoms with van der Waals surface area (Å²) < 4.78 is 99.6. The number of alkyl halides is 7. The zero-order valence-electron chi connectivity index (χ0n) is 14.7. The average Bonchev–Trinajstić information content (AvgIpc) is 2.51. The first-order valence-electron chi connectivity index (χ1n) is 7.83. The second-order valence-corrected chi connectivity index (χ2v) is 6.04. The fourth-order valence-corrected chi connectivity index (χ4v) is 1.87. The molecular formula is C17H18F7NO3. The average molecular weight is 417 g/mol. The largest absolute Gasteiger partial charge is 0.487 e. The van der Waals surface area contributed by atoms with E-state index >= 15 is 0 Å². The summed E-state index contributed by atoms with van der Waals surface area (Å²) in [5.74, 6) is -8.77. The fraction of sp³-hybridized carbons (Fsp3) is 0.471. The molecule has 4 nitrogen and oxygen atoms in total. The summed E-state index contributed by atoms with van der Waals surface area (Å²) in [4.78, 5) is 11.3. The molecule has 1 rings (SSSR count). The summed E-state index contributed by atoms with van der Waals surface area (Å²) in [6.45, 7) is 0.132. The van der Waals surface area contributed by atoms with Crippen LogP contribution in [0.15, 0.2) is 36.4 Å². The van der Waals surface area contributed by atoms with Gasteiger partial charge in [-0.2, -0.15) is 13.2 Å².